The van der Waals surface area contributed by atoms with Gasteiger partial charge in [-0.1, -0.05) is 35.9 Å². The number of aromatic nitrogens is 2. The third-order valence-electron chi connectivity index (χ3n) is 3.53. The first-order valence-electron chi connectivity index (χ1n) is 7.99. The monoisotopic (exact) mass is 371 g/mol. The maximum absolute atomic E-state index is 12.0. The summed E-state index contributed by atoms with van der Waals surface area (Å²) in [6.07, 6.45) is 3.23. The van der Waals surface area contributed by atoms with Crippen molar-refractivity contribution >= 4 is 23.2 Å². The van der Waals surface area contributed by atoms with Gasteiger partial charge in [0.2, 0.25) is 0 Å². The zero-order valence-electron chi connectivity index (χ0n) is 14.2. The van der Waals surface area contributed by atoms with Crippen molar-refractivity contribution in [1.29, 1.82) is 0 Å². The number of carbonyl (C=O) groups excluding carboxylic acids is 1. The van der Waals surface area contributed by atoms with Gasteiger partial charge in [-0.25, -0.2) is 4.68 Å². The van der Waals surface area contributed by atoms with E-state index in [0.29, 0.717) is 22.2 Å². The molecule has 2 aromatic carbocycles. The van der Waals surface area contributed by atoms with Crippen molar-refractivity contribution in [2.24, 2.45) is 0 Å². The number of nitrogens with one attached hydrogen (secondary N) is 1. The summed E-state index contributed by atoms with van der Waals surface area (Å²) in [6, 6.07) is 14.6. The van der Waals surface area contributed by atoms with E-state index in [9.17, 15) is 4.79 Å². The van der Waals surface area contributed by atoms with Gasteiger partial charge in [-0.3, -0.25) is 4.79 Å². The zero-order valence-corrected chi connectivity index (χ0v) is 14.9. The fourth-order valence-corrected chi connectivity index (χ4v) is 2.44. The lowest BCUT2D eigenvalue weighted by atomic mass is 10.2. The summed E-state index contributed by atoms with van der Waals surface area (Å²) in [5, 5.41) is 7.48. The highest BCUT2D eigenvalue weighted by Crippen LogP contribution is 2.18. The van der Waals surface area contributed by atoms with E-state index in [-0.39, 0.29) is 19.2 Å². The molecule has 1 aromatic heterocycles. The standard InChI is InChI=1S/C19H18ClN3O3/c1-14-5-2-3-8-18(14)25-12-19(24)22-16-10-21-23(11-16)13-26-17-7-4-6-15(20)9-17/h2-11H,12-13H2,1H3,(H,22,24). The fourth-order valence-electron chi connectivity index (χ4n) is 2.25. The Labute approximate surface area is 156 Å². The third kappa shape index (κ3) is 5.00. The van der Waals surface area contributed by atoms with Crippen LogP contribution in [0.4, 0.5) is 5.69 Å². The number of para-hydroxylation sites is 1. The Morgan fingerprint density at radius 3 is 2.85 bits per heavy atom. The first kappa shape index (κ1) is 17.8. The fraction of sp³-hybridized carbons (Fsp3) is 0.158. The predicted octanol–water partition coefficient (Wildman–Crippen LogP) is 3.90. The highest BCUT2D eigenvalue weighted by atomic mass is 35.5. The molecule has 0 aliphatic heterocycles. The number of halogens is 1. The second-order valence-corrected chi connectivity index (χ2v) is 6.04. The van der Waals surface area contributed by atoms with Gasteiger partial charge in [0.15, 0.2) is 13.3 Å². The van der Waals surface area contributed by atoms with E-state index in [1.807, 2.05) is 31.2 Å². The number of aryl methyl sites for hydroxylation is 1. The molecule has 3 rings (SSSR count). The van der Waals surface area contributed by atoms with Crippen LogP contribution in [0.3, 0.4) is 0 Å². The van der Waals surface area contributed by atoms with Crippen LogP contribution >= 0.6 is 11.6 Å². The second kappa shape index (κ2) is 8.40. The summed E-state index contributed by atoms with van der Waals surface area (Å²) in [7, 11) is 0. The molecule has 134 valence electrons. The lowest BCUT2D eigenvalue weighted by molar-refractivity contribution is -0.118. The van der Waals surface area contributed by atoms with Gasteiger partial charge in [-0.05, 0) is 36.8 Å². The molecule has 26 heavy (non-hydrogen) atoms. The van der Waals surface area contributed by atoms with Crippen molar-refractivity contribution < 1.29 is 14.3 Å². The van der Waals surface area contributed by atoms with E-state index in [1.54, 1.807) is 41.3 Å². The second-order valence-electron chi connectivity index (χ2n) is 5.60. The Bertz CT molecular complexity index is 895. The Morgan fingerprint density at radius 1 is 1.19 bits per heavy atom. The van der Waals surface area contributed by atoms with Crippen molar-refractivity contribution in [3.63, 3.8) is 0 Å². The predicted molar refractivity (Wildman–Crippen MR) is 99.6 cm³/mol. The van der Waals surface area contributed by atoms with Crippen molar-refractivity contribution in [3.8, 4) is 11.5 Å². The van der Waals surface area contributed by atoms with E-state index in [0.717, 1.165) is 5.56 Å². The molecule has 0 saturated heterocycles. The number of amides is 1. The minimum atomic E-state index is -0.261. The van der Waals surface area contributed by atoms with Crippen LogP contribution in [0.5, 0.6) is 11.5 Å². The number of nitrogens with zero attached hydrogens (tertiary/aromatic N) is 2. The molecule has 0 fully saturated rings. The Balaban J connectivity index is 1.48. The molecule has 0 radical (unpaired) electrons. The van der Waals surface area contributed by atoms with E-state index in [2.05, 4.69) is 10.4 Å². The first-order valence-corrected chi connectivity index (χ1v) is 8.37. The molecule has 0 spiro atoms. The van der Waals surface area contributed by atoms with Gasteiger partial charge in [0, 0.05) is 5.02 Å². The normalized spacial score (nSPS) is 10.4. The SMILES string of the molecule is Cc1ccccc1OCC(=O)Nc1cnn(COc2cccc(Cl)c2)c1. The summed E-state index contributed by atoms with van der Waals surface area (Å²) in [5.41, 5.74) is 1.55. The lowest BCUT2D eigenvalue weighted by Crippen LogP contribution is -2.20. The van der Waals surface area contributed by atoms with Crippen molar-refractivity contribution in [2.45, 2.75) is 13.7 Å². The van der Waals surface area contributed by atoms with Gasteiger partial charge >= 0.3 is 0 Å². The van der Waals surface area contributed by atoms with Crippen LogP contribution in [0.25, 0.3) is 0 Å². The van der Waals surface area contributed by atoms with Gasteiger partial charge in [-0.2, -0.15) is 5.10 Å². The molecule has 1 heterocycles. The number of carbonyl (C=O) groups is 1. The number of ether oxygens (including phenoxy) is 2. The maximum Gasteiger partial charge on any atom is 0.262 e. The van der Waals surface area contributed by atoms with Crippen molar-refractivity contribution in [1.82, 2.24) is 9.78 Å². The zero-order chi connectivity index (χ0) is 18.4. The van der Waals surface area contributed by atoms with Crippen LogP contribution in [0.15, 0.2) is 60.9 Å². The average molecular weight is 372 g/mol. The molecule has 0 saturated carbocycles. The minimum absolute atomic E-state index is 0.0744. The van der Waals surface area contributed by atoms with E-state index in [1.165, 1.54) is 0 Å². The molecule has 6 nitrogen and oxygen atoms in total. The van der Waals surface area contributed by atoms with Gasteiger partial charge in [0.25, 0.3) is 5.91 Å². The van der Waals surface area contributed by atoms with Gasteiger partial charge in [0.1, 0.15) is 11.5 Å². The largest absolute Gasteiger partial charge is 0.483 e. The maximum atomic E-state index is 12.0. The highest BCUT2D eigenvalue weighted by molar-refractivity contribution is 6.30. The molecule has 1 N–H and O–H groups in total. The molecule has 7 heteroatoms. The summed E-state index contributed by atoms with van der Waals surface area (Å²) in [5.74, 6) is 1.07. The van der Waals surface area contributed by atoms with Crippen LogP contribution in [0, 0.1) is 6.92 Å². The molecule has 0 atom stereocenters. The highest BCUT2D eigenvalue weighted by Gasteiger charge is 2.07. The summed E-state index contributed by atoms with van der Waals surface area (Å²) in [6.45, 7) is 2.06. The van der Waals surface area contributed by atoms with E-state index >= 15 is 0 Å². The average Bonchev–Trinajstić information content (AvgIpc) is 3.07. The summed E-state index contributed by atoms with van der Waals surface area (Å²) < 4.78 is 12.7. The molecule has 0 aliphatic carbocycles. The molecular formula is C19H18ClN3O3. The lowest BCUT2D eigenvalue weighted by Gasteiger charge is -2.08. The molecule has 3 aromatic rings. The third-order valence-corrected chi connectivity index (χ3v) is 3.76. The van der Waals surface area contributed by atoms with Crippen LogP contribution < -0.4 is 14.8 Å². The molecular weight excluding hydrogens is 354 g/mol. The van der Waals surface area contributed by atoms with Crippen LogP contribution in [-0.4, -0.2) is 22.3 Å². The Hall–Kier alpha value is -2.99. The first-order chi connectivity index (χ1) is 12.6. The van der Waals surface area contributed by atoms with Gasteiger partial charge in [-0.15, -0.1) is 0 Å². The number of hydrogen-bond acceptors (Lipinski definition) is 4. The molecule has 0 bridgehead atoms. The number of benzene rings is 2. The number of hydrogen-bond donors (Lipinski definition) is 1. The van der Waals surface area contributed by atoms with E-state index < -0.39 is 0 Å². The van der Waals surface area contributed by atoms with Crippen LogP contribution in [0.2, 0.25) is 5.02 Å². The number of anilines is 1. The quantitative estimate of drug-likeness (QED) is 0.684. The van der Waals surface area contributed by atoms with Crippen LogP contribution in [-0.2, 0) is 11.5 Å². The minimum Gasteiger partial charge on any atom is -0.483 e. The molecule has 0 aliphatic rings. The Morgan fingerprint density at radius 2 is 2.04 bits per heavy atom. The molecule has 0 unspecified atom stereocenters. The molecule has 1 amide bonds. The van der Waals surface area contributed by atoms with Gasteiger partial charge in [0.05, 0.1) is 18.1 Å². The summed E-state index contributed by atoms with van der Waals surface area (Å²) in [4.78, 5) is 12.0. The smallest absolute Gasteiger partial charge is 0.262 e. The Kier molecular flexibility index (Phi) is 5.76. The van der Waals surface area contributed by atoms with Gasteiger partial charge < -0.3 is 14.8 Å². The van der Waals surface area contributed by atoms with Crippen molar-refractivity contribution in [2.75, 3.05) is 11.9 Å². The number of rotatable bonds is 7. The summed E-state index contributed by atoms with van der Waals surface area (Å²) >= 11 is 5.91. The topological polar surface area (TPSA) is 65.4 Å². The van der Waals surface area contributed by atoms with Crippen LogP contribution in [0.1, 0.15) is 5.56 Å². The van der Waals surface area contributed by atoms with Crippen molar-refractivity contribution in [3.05, 3.63) is 71.5 Å². The van der Waals surface area contributed by atoms with E-state index in [4.69, 9.17) is 21.1 Å².